The van der Waals surface area contributed by atoms with Gasteiger partial charge in [0.1, 0.15) is 13.2 Å². The summed E-state index contributed by atoms with van der Waals surface area (Å²) in [7, 11) is 0. The molecule has 0 fully saturated rings. The molecule has 332 valence electrons. The van der Waals surface area contributed by atoms with Crippen molar-refractivity contribution in [1.29, 1.82) is 0 Å². The van der Waals surface area contributed by atoms with Crippen molar-refractivity contribution < 1.29 is 28.6 Å². The highest BCUT2D eigenvalue weighted by molar-refractivity contribution is 5.71. The highest BCUT2D eigenvalue weighted by Crippen LogP contribution is 2.16. The minimum Gasteiger partial charge on any atom is -0.462 e. The molecule has 0 amide bonds. The first-order chi connectivity index (χ1) is 27.5. The van der Waals surface area contributed by atoms with Gasteiger partial charge in [-0.1, -0.05) is 245 Å². The molecule has 6 heteroatoms. The fourth-order valence-electron chi connectivity index (χ4n) is 7.56. The van der Waals surface area contributed by atoms with Gasteiger partial charge in [0.05, 0.1) is 0 Å². The lowest BCUT2D eigenvalue weighted by molar-refractivity contribution is -0.167. The van der Waals surface area contributed by atoms with E-state index in [9.17, 15) is 14.4 Å². The van der Waals surface area contributed by atoms with E-state index in [0.717, 1.165) is 57.8 Å². The summed E-state index contributed by atoms with van der Waals surface area (Å²) in [6.07, 6.45) is 48.0. The molecular formula is C50H96O6. The number of hydrogen-bond acceptors (Lipinski definition) is 6. The Kier molecular flexibility index (Phi) is 44.8. The minimum absolute atomic E-state index is 0.0623. The van der Waals surface area contributed by atoms with Gasteiger partial charge in [-0.25, -0.2) is 0 Å². The molecule has 0 rings (SSSR count). The van der Waals surface area contributed by atoms with Gasteiger partial charge < -0.3 is 14.2 Å². The summed E-state index contributed by atoms with van der Waals surface area (Å²) in [4.78, 5) is 37.8. The summed E-state index contributed by atoms with van der Waals surface area (Å²) in [5, 5.41) is 0. The number of esters is 3. The molecular weight excluding hydrogens is 697 g/mol. The highest BCUT2D eigenvalue weighted by Gasteiger charge is 2.19. The molecule has 6 nitrogen and oxygen atoms in total. The van der Waals surface area contributed by atoms with Crippen molar-refractivity contribution in [3.8, 4) is 0 Å². The van der Waals surface area contributed by atoms with Crippen molar-refractivity contribution in [3.63, 3.8) is 0 Å². The van der Waals surface area contributed by atoms with Crippen molar-refractivity contribution in [2.24, 2.45) is 0 Å². The van der Waals surface area contributed by atoms with E-state index in [-0.39, 0.29) is 31.1 Å². The van der Waals surface area contributed by atoms with Gasteiger partial charge in [-0.05, 0) is 19.3 Å². The van der Waals surface area contributed by atoms with E-state index in [0.29, 0.717) is 19.3 Å². The molecule has 0 saturated carbocycles. The molecule has 0 aromatic carbocycles. The van der Waals surface area contributed by atoms with Crippen LogP contribution in [-0.4, -0.2) is 37.2 Å². The predicted octanol–water partition coefficient (Wildman–Crippen LogP) is 16.0. The van der Waals surface area contributed by atoms with Crippen LogP contribution in [0.4, 0.5) is 0 Å². The van der Waals surface area contributed by atoms with Crippen LogP contribution in [0.1, 0.15) is 284 Å². The Morgan fingerprint density at radius 2 is 0.482 bits per heavy atom. The molecule has 0 unspecified atom stereocenters. The molecule has 0 aromatic heterocycles. The number of unbranched alkanes of at least 4 members (excludes halogenated alkanes) is 35. The Morgan fingerprint density at radius 1 is 0.286 bits per heavy atom. The zero-order chi connectivity index (χ0) is 40.8. The summed E-state index contributed by atoms with van der Waals surface area (Å²) in [6, 6.07) is 0. The van der Waals surface area contributed by atoms with Crippen LogP contribution < -0.4 is 0 Å². The Labute approximate surface area is 348 Å². The molecule has 0 N–H and O–H groups in total. The maximum Gasteiger partial charge on any atom is 0.306 e. The molecule has 0 radical (unpaired) electrons. The summed E-state index contributed by atoms with van der Waals surface area (Å²) >= 11 is 0. The van der Waals surface area contributed by atoms with E-state index in [1.54, 1.807) is 0 Å². The van der Waals surface area contributed by atoms with Gasteiger partial charge in [-0.2, -0.15) is 0 Å². The van der Waals surface area contributed by atoms with Crippen LogP contribution in [0.15, 0.2) is 0 Å². The van der Waals surface area contributed by atoms with Gasteiger partial charge in [0, 0.05) is 19.3 Å². The quantitative estimate of drug-likeness (QED) is 0.0347. The van der Waals surface area contributed by atoms with Crippen LogP contribution in [0, 0.1) is 0 Å². The summed E-state index contributed by atoms with van der Waals surface area (Å²) in [6.45, 7) is 6.65. The topological polar surface area (TPSA) is 78.9 Å². The SMILES string of the molecule is CCCCCCCCCCCCCCCCCCCCC(=O)OC[C@@H](COC(=O)CCCCCCCCCCC)OC(=O)CCCCCCCCCCCCC. The Balaban J connectivity index is 4.21. The van der Waals surface area contributed by atoms with Crippen molar-refractivity contribution in [2.75, 3.05) is 13.2 Å². The van der Waals surface area contributed by atoms with Crippen LogP contribution in [0.3, 0.4) is 0 Å². The van der Waals surface area contributed by atoms with Gasteiger partial charge in [0.15, 0.2) is 6.10 Å². The average molecular weight is 793 g/mol. The number of ether oxygens (including phenoxy) is 3. The lowest BCUT2D eigenvalue weighted by Gasteiger charge is -2.18. The Bertz CT molecular complexity index is 828. The second-order valence-corrected chi connectivity index (χ2v) is 17.1. The van der Waals surface area contributed by atoms with Crippen molar-refractivity contribution in [3.05, 3.63) is 0 Å². The second-order valence-electron chi connectivity index (χ2n) is 17.1. The number of rotatable bonds is 46. The molecule has 0 bridgehead atoms. The molecule has 1 atom stereocenters. The zero-order valence-electron chi connectivity index (χ0n) is 37.9. The van der Waals surface area contributed by atoms with Gasteiger partial charge in [-0.3, -0.25) is 14.4 Å². The first-order valence-electron chi connectivity index (χ1n) is 25.0. The van der Waals surface area contributed by atoms with Gasteiger partial charge in [0.25, 0.3) is 0 Å². The number of carbonyl (C=O) groups is 3. The number of carbonyl (C=O) groups excluding carboxylic acids is 3. The smallest absolute Gasteiger partial charge is 0.306 e. The normalized spacial score (nSPS) is 11.8. The number of hydrogen-bond donors (Lipinski definition) is 0. The van der Waals surface area contributed by atoms with Gasteiger partial charge in [0.2, 0.25) is 0 Å². The van der Waals surface area contributed by atoms with Crippen LogP contribution in [0.5, 0.6) is 0 Å². The van der Waals surface area contributed by atoms with E-state index in [4.69, 9.17) is 14.2 Å². The predicted molar refractivity (Wildman–Crippen MR) is 238 cm³/mol. The van der Waals surface area contributed by atoms with Crippen molar-refractivity contribution >= 4 is 17.9 Å². The highest BCUT2D eigenvalue weighted by atomic mass is 16.6. The molecule has 0 aliphatic rings. The fourth-order valence-corrected chi connectivity index (χ4v) is 7.56. The summed E-state index contributed by atoms with van der Waals surface area (Å²) in [5.41, 5.74) is 0. The van der Waals surface area contributed by atoms with Crippen LogP contribution in [0.2, 0.25) is 0 Å². The van der Waals surface area contributed by atoms with Gasteiger partial charge in [-0.15, -0.1) is 0 Å². The van der Waals surface area contributed by atoms with Gasteiger partial charge >= 0.3 is 17.9 Å². The minimum atomic E-state index is -0.758. The van der Waals surface area contributed by atoms with E-state index in [1.165, 1.54) is 186 Å². The fraction of sp³-hybridized carbons (Fsp3) is 0.940. The van der Waals surface area contributed by atoms with E-state index < -0.39 is 6.10 Å². The summed E-state index contributed by atoms with van der Waals surface area (Å²) in [5.74, 6) is -0.848. The molecule has 0 aliphatic carbocycles. The molecule has 0 saturated heterocycles. The lowest BCUT2D eigenvalue weighted by Crippen LogP contribution is -2.30. The molecule has 0 aliphatic heterocycles. The summed E-state index contributed by atoms with van der Waals surface area (Å²) < 4.78 is 16.7. The monoisotopic (exact) mass is 793 g/mol. The third-order valence-corrected chi connectivity index (χ3v) is 11.4. The average Bonchev–Trinajstić information content (AvgIpc) is 3.19. The largest absolute Gasteiger partial charge is 0.462 e. The molecule has 0 spiro atoms. The van der Waals surface area contributed by atoms with E-state index in [1.807, 2.05) is 0 Å². The van der Waals surface area contributed by atoms with E-state index in [2.05, 4.69) is 20.8 Å². The lowest BCUT2D eigenvalue weighted by atomic mass is 10.0. The maximum absolute atomic E-state index is 12.7. The zero-order valence-corrected chi connectivity index (χ0v) is 37.9. The first kappa shape index (κ1) is 54.4. The van der Waals surface area contributed by atoms with Crippen molar-refractivity contribution in [1.82, 2.24) is 0 Å². The van der Waals surface area contributed by atoms with Crippen LogP contribution in [-0.2, 0) is 28.6 Å². The molecule has 0 heterocycles. The van der Waals surface area contributed by atoms with Crippen LogP contribution in [0.25, 0.3) is 0 Å². The second kappa shape index (κ2) is 46.1. The standard InChI is InChI=1S/C50H96O6/c1-4-7-10-13-16-19-21-22-23-24-25-26-27-29-31-34-37-40-43-49(52)55-46-47(45-54-48(51)42-39-36-33-30-18-15-12-9-6-3)56-50(53)44-41-38-35-32-28-20-17-14-11-8-5-2/h47H,4-46H2,1-3H3/t47-/m1/s1. The third-order valence-electron chi connectivity index (χ3n) is 11.4. The van der Waals surface area contributed by atoms with Crippen molar-refractivity contribution in [2.45, 2.75) is 290 Å². The third kappa shape index (κ3) is 43.5. The maximum atomic E-state index is 12.7. The molecule has 0 aromatic rings. The first-order valence-corrected chi connectivity index (χ1v) is 25.0. The Morgan fingerprint density at radius 3 is 0.714 bits per heavy atom. The Hall–Kier alpha value is -1.59. The van der Waals surface area contributed by atoms with Crippen LogP contribution >= 0.6 is 0 Å². The van der Waals surface area contributed by atoms with E-state index >= 15 is 0 Å². The molecule has 56 heavy (non-hydrogen) atoms.